The smallest absolute Gasteiger partial charge is 0.175 e. The van der Waals surface area contributed by atoms with Gasteiger partial charge in [0.1, 0.15) is 0 Å². The number of halogens is 1. The molecule has 2 rings (SSSR count). The molecule has 0 aliphatic carbocycles. The van der Waals surface area contributed by atoms with E-state index in [0.29, 0.717) is 16.4 Å². The molecule has 2 aromatic rings. The highest BCUT2D eigenvalue weighted by atomic mass is 79.9. The summed E-state index contributed by atoms with van der Waals surface area (Å²) < 4.78 is 0. The van der Waals surface area contributed by atoms with Gasteiger partial charge in [-0.2, -0.15) is 0 Å². The van der Waals surface area contributed by atoms with E-state index >= 15 is 0 Å². The van der Waals surface area contributed by atoms with Crippen LogP contribution in [-0.4, -0.2) is 21.1 Å². The standard InChI is InChI=1S/C16H19BrN2O/c1-10-13(8-16(2,3)4)19-15-11(14(20)9-17)6-5-7-12(15)18-10/h5-7H,8-9H2,1-4H3. The lowest BCUT2D eigenvalue weighted by Crippen LogP contribution is -2.13. The van der Waals surface area contributed by atoms with Crippen LogP contribution in [0.4, 0.5) is 0 Å². The van der Waals surface area contributed by atoms with E-state index in [1.165, 1.54) is 0 Å². The molecule has 0 spiro atoms. The summed E-state index contributed by atoms with van der Waals surface area (Å²) in [5.41, 5.74) is 4.19. The number of carbonyl (C=O) groups excluding carboxylic acids is 1. The van der Waals surface area contributed by atoms with Gasteiger partial charge in [-0.1, -0.05) is 42.8 Å². The van der Waals surface area contributed by atoms with Gasteiger partial charge in [0.05, 0.1) is 27.8 Å². The van der Waals surface area contributed by atoms with Gasteiger partial charge in [0.15, 0.2) is 5.78 Å². The molecule has 0 saturated carbocycles. The number of alkyl halides is 1. The third-order valence-corrected chi connectivity index (χ3v) is 3.60. The number of aromatic nitrogens is 2. The lowest BCUT2D eigenvalue weighted by molar-refractivity contribution is 0.102. The zero-order chi connectivity index (χ0) is 14.9. The lowest BCUT2D eigenvalue weighted by Gasteiger charge is -2.19. The fourth-order valence-electron chi connectivity index (χ4n) is 2.17. The summed E-state index contributed by atoms with van der Waals surface area (Å²) in [6.07, 6.45) is 0.846. The first-order chi connectivity index (χ1) is 9.31. The number of para-hydroxylation sites is 1. The van der Waals surface area contributed by atoms with Crippen molar-refractivity contribution in [3.63, 3.8) is 0 Å². The van der Waals surface area contributed by atoms with Gasteiger partial charge in [-0.25, -0.2) is 9.97 Å². The van der Waals surface area contributed by atoms with Gasteiger partial charge >= 0.3 is 0 Å². The third-order valence-electron chi connectivity index (χ3n) is 3.09. The molecule has 0 atom stereocenters. The summed E-state index contributed by atoms with van der Waals surface area (Å²) in [7, 11) is 0. The zero-order valence-electron chi connectivity index (χ0n) is 12.3. The van der Waals surface area contributed by atoms with Crippen LogP contribution >= 0.6 is 15.9 Å². The van der Waals surface area contributed by atoms with Crippen LogP contribution in [0.15, 0.2) is 18.2 Å². The SMILES string of the molecule is Cc1nc2cccc(C(=O)CBr)c2nc1CC(C)(C)C. The van der Waals surface area contributed by atoms with E-state index in [0.717, 1.165) is 23.3 Å². The highest BCUT2D eigenvalue weighted by Gasteiger charge is 2.17. The average Bonchev–Trinajstić information content (AvgIpc) is 2.36. The molecule has 1 aromatic heterocycles. The van der Waals surface area contributed by atoms with Crippen LogP contribution in [0, 0.1) is 12.3 Å². The molecule has 0 aliphatic rings. The van der Waals surface area contributed by atoms with Crippen LogP contribution < -0.4 is 0 Å². The zero-order valence-corrected chi connectivity index (χ0v) is 13.9. The Labute approximate surface area is 128 Å². The molecule has 0 N–H and O–H groups in total. The normalized spacial score (nSPS) is 11.8. The number of rotatable bonds is 3. The number of nitrogens with zero attached hydrogens (tertiary/aromatic N) is 2. The molecule has 0 saturated heterocycles. The van der Waals surface area contributed by atoms with Crippen LogP contribution in [0.25, 0.3) is 11.0 Å². The maximum Gasteiger partial charge on any atom is 0.175 e. The Kier molecular flexibility index (Phi) is 4.23. The number of ketones is 1. The highest BCUT2D eigenvalue weighted by molar-refractivity contribution is 9.09. The molecule has 0 fully saturated rings. The predicted molar refractivity (Wildman–Crippen MR) is 85.6 cm³/mol. The number of carbonyl (C=O) groups is 1. The number of fused-ring (bicyclic) bond motifs is 1. The Morgan fingerprint density at radius 1 is 1.25 bits per heavy atom. The molecule has 1 aromatic carbocycles. The second-order valence-electron chi connectivity index (χ2n) is 6.22. The molecule has 0 radical (unpaired) electrons. The number of Topliss-reactive ketones (excluding diaryl/α,β-unsaturated/α-hetero) is 1. The number of hydrogen-bond donors (Lipinski definition) is 0. The fraction of sp³-hybridized carbons (Fsp3) is 0.438. The summed E-state index contributed by atoms with van der Waals surface area (Å²) in [5, 5.41) is 0.302. The van der Waals surface area contributed by atoms with Crippen molar-refractivity contribution in [1.82, 2.24) is 9.97 Å². The molecular formula is C16H19BrN2O. The topological polar surface area (TPSA) is 42.9 Å². The van der Waals surface area contributed by atoms with Gasteiger partial charge in [-0.05, 0) is 30.9 Å². The Morgan fingerprint density at radius 2 is 1.95 bits per heavy atom. The van der Waals surface area contributed by atoms with E-state index in [-0.39, 0.29) is 11.2 Å². The summed E-state index contributed by atoms with van der Waals surface area (Å²) in [5.74, 6) is 0.0375. The van der Waals surface area contributed by atoms with Crippen molar-refractivity contribution in [1.29, 1.82) is 0 Å². The van der Waals surface area contributed by atoms with Gasteiger partial charge in [0.2, 0.25) is 0 Å². The lowest BCUT2D eigenvalue weighted by atomic mass is 9.89. The van der Waals surface area contributed by atoms with Crippen LogP contribution in [0.1, 0.15) is 42.5 Å². The van der Waals surface area contributed by atoms with Crippen LogP contribution in [0.3, 0.4) is 0 Å². The quantitative estimate of drug-likeness (QED) is 0.626. The van der Waals surface area contributed by atoms with Gasteiger partial charge < -0.3 is 0 Å². The third kappa shape index (κ3) is 3.23. The van der Waals surface area contributed by atoms with Gasteiger partial charge in [-0.15, -0.1) is 0 Å². The first kappa shape index (κ1) is 15.1. The van der Waals surface area contributed by atoms with Crippen molar-refractivity contribution >= 4 is 32.7 Å². The second kappa shape index (κ2) is 5.60. The maximum atomic E-state index is 12.0. The van der Waals surface area contributed by atoms with Gasteiger partial charge in [0, 0.05) is 5.56 Å². The van der Waals surface area contributed by atoms with Crippen LogP contribution in [0.5, 0.6) is 0 Å². The summed E-state index contributed by atoms with van der Waals surface area (Å²) in [6, 6.07) is 5.58. The summed E-state index contributed by atoms with van der Waals surface area (Å²) in [4.78, 5) is 21.3. The molecule has 0 aliphatic heterocycles. The minimum Gasteiger partial charge on any atom is -0.293 e. The van der Waals surface area contributed by atoms with Crippen molar-refractivity contribution in [2.75, 3.05) is 5.33 Å². The monoisotopic (exact) mass is 334 g/mol. The first-order valence-electron chi connectivity index (χ1n) is 6.67. The molecule has 4 heteroatoms. The summed E-state index contributed by atoms with van der Waals surface area (Å²) >= 11 is 3.22. The molecule has 20 heavy (non-hydrogen) atoms. The Balaban J connectivity index is 2.63. The number of benzene rings is 1. The minimum absolute atomic E-state index is 0.0375. The molecule has 106 valence electrons. The fourth-order valence-corrected chi connectivity index (χ4v) is 2.47. The largest absolute Gasteiger partial charge is 0.293 e. The van der Waals surface area contributed by atoms with Crippen molar-refractivity contribution in [3.05, 3.63) is 35.2 Å². The minimum atomic E-state index is 0.0375. The van der Waals surface area contributed by atoms with E-state index in [1.807, 2.05) is 25.1 Å². The van der Waals surface area contributed by atoms with E-state index in [9.17, 15) is 4.79 Å². The molecule has 1 heterocycles. The molecule has 0 bridgehead atoms. The number of hydrogen-bond acceptors (Lipinski definition) is 3. The van der Waals surface area contributed by atoms with Crippen LogP contribution in [0.2, 0.25) is 0 Å². The highest BCUT2D eigenvalue weighted by Crippen LogP contribution is 2.24. The molecule has 3 nitrogen and oxygen atoms in total. The summed E-state index contributed by atoms with van der Waals surface area (Å²) in [6.45, 7) is 8.50. The molecular weight excluding hydrogens is 316 g/mol. The van der Waals surface area contributed by atoms with Crippen molar-refractivity contribution in [2.24, 2.45) is 5.41 Å². The van der Waals surface area contributed by atoms with E-state index < -0.39 is 0 Å². The van der Waals surface area contributed by atoms with Crippen LogP contribution in [-0.2, 0) is 6.42 Å². The Hall–Kier alpha value is -1.29. The maximum absolute atomic E-state index is 12.0. The average molecular weight is 335 g/mol. The predicted octanol–water partition coefficient (Wildman–Crippen LogP) is 4.10. The van der Waals surface area contributed by atoms with Gasteiger partial charge in [0.25, 0.3) is 0 Å². The molecule has 0 amide bonds. The number of aryl methyl sites for hydroxylation is 1. The van der Waals surface area contributed by atoms with Crippen molar-refractivity contribution in [3.8, 4) is 0 Å². The van der Waals surface area contributed by atoms with Crippen molar-refractivity contribution in [2.45, 2.75) is 34.1 Å². The van der Waals surface area contributed by atoms with E-state index in [4.69, 9.17) is 4.98 Å². The Morgan fingerprint density at radius 3 is 2.55 bits per heavy atom. The van der Waals surface area contributed by atoms with E-state index in [1.54, 1.807) is 0 Å². The molecule has 0 unspecified atom stereocenters. The first-order valence-corrected chi connectivity index (χ1v) is 7.79. The second-order valence-corrected chi connectivity index (χ2v) is 6.78. The Bertz CT molecular complexity index is 659. The van der Waals surface area contributed by atoms with Gasteiger partial charge in [-0.3, -0.25) is 4.79 Å². The van der Waals surface area contributed by atoms with Crippen molar-refractivity contribution < 1.29 is 4.79 Å². The van der Waals surface area contributed by atoms with E-state index in [2.05, 4.69) is 41.7 Å².